The summed E-state index contributed by atoms with van der Waals surface area (Å²) in [5.41, 5.74) is 1.91. The summed E-state index contributed by atoms with van der Waals surface area (Å²) in [6, 6.07) is 11.8. The number of hydrogen-bond donors (Lipinski definition) is 0. The largest absolute Gasteiger partial charge is 0.336 e. The van der Waals surface area contributed by atoms with E-state index in [0.717, 1.165) is 48.2 Å². The minimum absolute atomic E-state index is 0.141. The monoisotopic (exact) mass is 334 g/mol. The number of amides is 1. The molecule has 2 aromatic rings. The standard InChI is InChI=1S/C17H19ClN2OS/c1-13-3-2-4-14(11-13)17(21)20-9-7-19(8-10-20)12-15-5-6-16(18)22-15/h2-6,11H,7-10,12H2,1H3. The molecule has 0 spiro atoms. The van der Waals surface area contributed by atoms with Crippen molar-refractivity contribution in [1.82, 2.24) is 9.80 Å². The first-order valence-electron chi connectivity index (χ1n) is 7.44. The van der Waals surface area contributed by atoms with Crippen LogP contribution in [0, 0.1) is 6.92 Å². The van der Waals surface area contributed by atoms with Crippen LogP contribution in [0.5, 0.6) is 0 Å². The van der Waals surface area contributed by atoms with Gasteiger partial charge in [0, 0.05) is 43.2 Å². The number of hydrogen-bond acceptors (Lipinski definition) is 3. The summed E-state index contributed by atoms with van der Waals surface area (Å²) in [6.07, 6.45) is 0. The molecule has 22 heavy (non-hydrogen) atoms. The molecule has 0 atom stereocenters. The van der Waals surface area contributed by atoms with Gasteiger partial charge >= 0.3 is 0 Å². The lowest BCUT2D eigenvalue weighted by Crippen LogP contribution is -2.48. The minimum atomic E-state index is 0.141. The highest BCUT2D eigenvalue weighted by Crippen LogP contribution is 2.23. The maximum Gasteiger partial charge on any atom is 0.253 e. The molecule has 3 rings (SSSR count). The number of carbonyl (C=O) groups excluding carboxylic acids is 1. The molecular weight excluding hydrogens is 316 g/mol. The first-order valence-corrected chi connectivity index (χ1v) is 8.64. The van der Waals surface area contributed by atoms with Gasteiger partial charge in [-0.1, -0.05) is 29.3 Å². The Hall–Kier alpha value is -1.36. The van der Waals surface area contributed by atoms with Crippen LogP contribution in [0.2, 0.25) is 4.34 Å². The van der Waals surface area contributed by atoms with Crippen LogP contribution in [0.4, 0.5) is 0 Å². The van der Waals surface area contributed by atoms with Gasteiger partial charge in [0.1, 0.15) is 0 Å². The molecule has 0 aliphatic carbocycles. The number of thiophene rings is 1. The molecule has 5 heteroatoms. The number of aryl methyl sites for hydroxylation is 1. The van der Waals surface area contributed by atoms with Crippen molar-refractivity contribution in [2.24, 2.45) is 0 Å². The Bertz CT molecular complexity index is 662. The Labute approximate surface area is 140 Å². The quantitative estimate of drug-likeness (QED) is 0.855. The highest BCUT2D eigenvalue weighted by Gasteiger charge is 2.22. The second kappa shape index (κ2) is 6.82. The lowest BCUT2D eigenvalue weighted by molar-refractivity contribution is 0.0629. The molecular formula is C17H19ClN2OS. The Morgan fingerprint density at radius 3 is 2.59 bits per heavy atom. The molecule has 0 N–H and O–H groups in total. The molecule has 1 fully saturated rings. The zero-order chi connectivity index (χ0) is 15.5. The van der Waals surface area contributed by atoms with Crippen molar-refractivity contribution in [3.8, 4) is 0 Å². The SMILES string of the molecule is Cc1cccc(C(=O)N2CCN(Cc3ccc(Cl)s3)CC2)c1. The normalized spacial score (nSPS) is 16.0. The van der Waals surface area contributed by atoms with E-state index in [2.05, 4.69) is 11.0 Å². The van der Waals surface area contributed by atoms with Gasteiger partial charge in [-0.3, -0.25) is 9.69 Å². The maximum atomic E-state index is 12.5. The van der Waals surface area contributed by atoms with Crippen molar-refractivity contribution in [3.63, 3.8) is 0 Å². The van der Waals surface area contributed by atoms with E-state index in [1.54, 1.807) is 11.3 Å². The summed E-state index contributed by atoms with van der Waals surface area (Å²) in [5, 5.41) is 0. The van der Waals surface area contributed by atoms with Crippen LogP contribution in [0.25, 0.3) is 0 Å². The van der Waals surface area contributed by atoms with Crippen LogP contribution in [0.1, 0.15) is 20.8 Å². The summed E-state index contributed by atoms with van der Waals surface area (Å²) in [6.45, 7) is 6.32. The van der Waals surface area contributed by atoms with Crippen LogP contribution < -0.4 is 0 Å². The van der Waals surface area contributed by atoms with Gasteiger partial charge in [0.2, 0.25) is 0 Å². The number of halogens is 1. The van der Waals surface area contributed by atoms with Gasteiger partial charge in [0.15, 0.2) is 0 Å². The van der Waals surface area contributed by atoms with Gasteiger partial charge < -0.3 is 4.90 Å². The zero-order valence-corrected chi connectivity index (χ0v) is 14.2. The topological polar surface area (TPSA) is 23.6 Å². The van der Waals surface area contributed by atoms with Gasteiger partial charge in [-0.05, 0) is 31.2 Å². The Kier molecular flexibility index (Phi) is 4.81. The van der Waals surface area contributed by atoms with Gasteiger partial charge in [-0.2, -0.15) is 0 Å². The predicted octanol–water partition coefficient (Wildman–Crippen LogP) is 3.67. The highest BCUT2D eigenvalue weighted by atomic mass is 35.5. The summed E-state index contributed by atoms with van der Waals surface area (Å²) in [4.78, 5) is 18.1. The molecule has 1 saturated heterocycles. The molecule has 1 aromatic carbocycles. The fourth-order valence-corrected chi connectivity index (χ4v) is 3.86. The van der Waals surface area contributed by atoms with Crippen LogP contribution in [0.3, 0.4) is 0 Å². The molecule has 0 bridgehead atoms. The molecule has 1 aromatic heterocycles. The van der Waals surface area contributed by atoms with Crippen LogP contribution >= 0.6 is 22.9 Å². The van der Waals surface area contributed by atoms with Crippen molar-refractivity contribution >= 4 is 28.8 Å². The van der Waals surface area contributed by atoms with Crippen molar-refractivity contribution < 1.29 is 4.79 Å². The molecule has 2 heterocycles. The summed E-state index contributed by atoms with van der Waals surface area (Å²) < 4.78 is 0.836. The number of piperazine rings is 1. The second-order valence-electron chi connectivity index (χ2n) is 5.64. The number of benzene rings is 1. The van der Waals surface area contributed by atoms with Crippen molar-refractivity contribution in [3.05, 3.63) is 56.7 Å². The third-order valence-electron chi connectivity index (χ3n) is 3.93. The number of carbonyl (C=O) groups is 1. The number of rotatable bonds is 3. The molecule has 116 valence electrons. The first-order chi connectivity index (χ1) is 10.6. The van der Waals surface area contributed by atoms with Crippen LogP contribution in [0.15, 0.2) is 36.4 Å². The average molecular weight is 335 g/mol. The lowest BCUT2D eigenvalue weighted by atomic mass is 10.1. The van der Waals surface area contributed by atoms with Crippen molar-refractivity contribution in [2.45, 2.75) is 13.5 Å². The zero-order valence-electron chi connectivity index (χ0n) is 12.6. The van der Waals surface area contributed by atoms with E-state index in [0.29, 0.717) is 0 Å². The van der Waals surface area contributed by atoms with E-state index >= 15 is 0 Å². The number of nitrogens with zero attached hydrogens (tertiary/aromatic N) is 2. The predicted molar refractivity (Wildman–Crippen MR) is 91.7 cm³/mol. The average Bonchev–Trinajstić information content (AvgIpc) is 2.92. The van der Waals surface area contributed by atoms with Gasteiger partial charge in [-0.15, -0.1) is 11.3 Å². The smallest absolute Gasteiger partial charge is 0.253 e. The molecule has 0 unspecified atom stereocenters. The van der Waals surface area contributed by atoms with E-state index in [1.165, 1.54) is 4.88 Å². The third-order valence-corrected chi connectivity index (χ3v) is 5.15. The van der Waals surface area contributed by atoms with E-state index in [9.17, 15) is 4.79 Å². The summed E-state index contributed by atoms with van der Waals surface area (Å²) in [7, 11) is 0. The Morgan fingerprint density at radius 1 is 1.18 bits per heavy atom. The fraction of sp³-hybridized carbons (Fsp3) is 0.353. The molecule has 0 radical (unpaired) electrons. The van der Waals surface area contributed by atoms with Crippen LogP contribution in [-0.4, -0.2) is 41.9 Å². The molecule has 3 nitrogen and oxygen atoms in total. The summed E-state index contributed by atoms with van der Waals surface area (Å²) in [5.74, 6) is 0.141. The van der Waals surface area contributed by atoms with Crippen molar-refractivity contribution in [2.75, 3.05) is 26.2 Å². The molecule has 0 saturated carbocycles. The van der Waals surface area contributed by atoms with E-state index in [-0.39, 0.29) is 5.91 Å². The Morgan fingerprint density at radius 2 is 1.95 bits per heavy atom. The minimum Gasteiger partial charge on any atom is -0.336 e. The van der Waals surface area contributed by atoms with Gasteiger partial charge in [0.25, 0.3) is 5.91 Å². The maximum absolute atomic E-state index is 12.5. The van der Waals surface area contributed by atoms with Gasteiger partial charge in [-0.25, -0.2) is 0 Å². The molecule has 1 amide bonds. The highest BCUT2D eigenvalue weighted by molar-refractivity contribution is 7.16. The van der Waals surface area contributed by atoms with Gasteiger partial charge in [0.05, 0.1) is 4.34 Å². The lowest BCUT2D eigenvalue weighted by Gasteiger charge is -2.34. The van der Waals surface area contributed by atoms with E-state index in [1.807, 2.05) is 42.2 Å². The fourth-order valence-electron chi connectivity index (χ4n) is 2.73. The molecule has 1 aliphatic heterocycles. The molecule has 1 aliphatic rings. The van der Waals surface area contributed by atoms with Crippen molar-refractivity contribution in [1.29, 1.82) is 0 Å². The van der Waals surface area contributed by atoms with Crippen LogP contribution in [-0.2, 0) is 6.54 Å². The first kappa shape index (κ1) is 15.5. The van der Waals surface area contributed by atoms with E-state index in [4.69, 9.17) is 11.6 Å². The summed E-state index contributed by atoms with van der Waals surface area (Å²) >= 11 is 7.60. The second-order valence-corrected chi connectivity index (χ2v) is 7.44. The third kappa shape index (κ3) is 3.69. The Balaban J connectivity index is 1.56. The van der Waals surface area contributed by atoms with E-state index < -0.39 is 0 Å².